The van der Waals surface area contributed by atoms with Gasteiger partial charge in [0.1, 0.15) is 11.8 Å². The summed E-state index contributed by atoms with van der Waals surface area (Å²) in [5.41, 5.74) is 3.34. The second-order valence-electron chi connectivity index (χ2n) is 12.5. The van der Waals surface area contributed by atoms with Gasteiger partial charge >= 0.3 is 5.97 Å². The van der Waals surface area contributed by atoms with Gasteiger partial charge in [0.05, 0.1) is 18.9 Å². The van der Waals surface area contributed by atoms with Gasteiger partial charge in [-0.1, -0.05) is 36.7 Å². The van der Waals surface area contributed by atoms with Crippen molar-refractivity contribution >= 4 is 17.6 Å². The Labute approximate surface area is 230 Å². The van der Waals surface area contributed by atoms with Gasteiger partial charge in [-0.15, -0.1) is 0 Å². The number of amides is 1. The summed E-state index contributed by atoms with van der Waals surface area (Å²) in [6.45, 7) is 4.45. The quantitative estimate of drug-likeness (QED) is 0.352. The van der Waals surface area contributed by atoms with E-state index in [-0.39, 0.29) is 35.7 Å². The number of aromatic hydroxyl groups is 1. The van der Waals surface area contributed by atoms with Crippen molar-refractivity contribution in [3.63, 3.8) is 0 Å². The van der Waals surface area contributed by atoms with E-state index in [4.69, 9.17) is 9.57 Å². The number of aliphatic hydroxyl groups is 1. The number of esters is 1. The van der Waals surface area contributed by atoms with Gasteiger partial charge in [0.25, 0.3) is 5.91 Å². The Morgan fingerprint density at radius 3 is 2.59 bits per heavy atom. The first-order valence-electron chi connectivity index (χ1n) is 14.4. The smallest absolute Gasteiger partial charge is 0.328 e. The largest absolute Gasteiger partial charge is 0.508 e. The maximum atomic E-state index is 12.5. The molecule has 3 N–H and O–H groups in total. The van der Waals surface area contributed by atoms with Crippen LogP contribution in [0.15, 0.2) is 41.1 Å². The molecule has 5 rings (SSSR count). The van der Waals surface area contributed by atoms with Crippen molar-refractivity contribution in [3.05, 3.63) is 41.5 Å². The zero-order valence-electron chi connectivity index (χ0n) is 23.3. The Morgan fingerprint density at radius 1 is 1.08 bits per heavy atom. The van der Waals surface area contributed by atoms with E-state index in [1.165, 1.54) is 37.7 Å². The van der Waals surface area contributed by atoms with Crippen LogP contribution in [0, 0.1) is 28.6 Å². The maximum absolute atomic E-state index is 12.5. The summed E-state index contributed by atoms with van der Waals surface area (Å²) in [6.07, 6.45) is 10.7. The minimum absolute atomic E-state index is 0.0887. The number of benzene rings is 1. The predicted molar refractivity (Wildman–Crippen MR) is 147 cm³/mol. The first-order valence-corrected chi connectivity index (χ1v) is 14.4. The minimum Gasteiger partial charge on any atom is -0.508 e. The molecule has 0 aromatic heterocycles. The van der Waals surface area contributed by atoms with E-state index in [1.807, 2.05) is 0 Å². The fraction of sp³-hybridized carbons (Fsp3) is 0.645. The zero-order valence-corrected chi connectivity index (χ0v) is 23.3. The molecule has 8 nitrogen and oxygen atoms in total. The fourth-order valence-corrected chi connectivity index (χ4v) is 8.23. The zero-order chi connectivity index (χ0) is 27.8. The number of hydrogen-bond acceptors (Lipinski definition) is 7. The number of carbonyl (C=O) groups excluding carboxylic acids is 2. The highest BCUT2D eigenvalue weighted by atomic mass is 16.6. The molecule has 3 fully saturated rings. The third-order valence-electron chi connectivity index (χ3n) is 10.5. The number of oxime groups is 1. The van der Waals surface area contributed by atoms with Crippen molar-refractivity contribution in [1.29, 1.82) is 0 Å². The molecular formula is C31H42N2O6. The second kappa shape index (κ2) is 11.0. The number of hydrogen-bond donors (Lipinski definition) is 3. The molecule has 4 aliphatic carbocycles. The molecule has 0 saturated heterocycles. The molecule has 0 radical (unpaired) electrons. The van der Waals surface area contributed by atoms with Crippen molar-refractivity contribution in [1.82, 2.24) is 5.32 Å². The van der Waals surface area contributed by atoms with Gasteiger partial charge < -0.3 is 25.1 Å². The molecule has 3 saturated carbocycles. The van der Waals surface area contributed by atoms with E-state index < -0.39 is 17.9 Å². The number of nitrogens with zero attached hydrogens (tertiary/aromatic N) is 1. The molecular weight excluding hydrogens is 496 g/mol. The van der Waals surface area contributed by atoms with Gasteiger partial charge in [-0.25, -0.2) is 4.79 Å². The summed E-state index contributed by atoms with van der Waals surface area (Å²) in [4.78, 5) is 30.2. The highest BCUT2D eigenvalue weighted by Crippen LogP contribution is 2.65. The Morgan fingerprint density at radius 2 is 1.85 bits per heavy atom. The standard InChI is InChI=1S/C31H42N2O6/c1-30-14-12-21(17-20(30)6-9-23-24-10-11-27(35)31(24,2)15-13-25(23)30)33-39-18-28(36)32-26(29(37)38-3)16-19-4-7-22(34)8-5-19/h4-5,7-8,17,23-27,34-35H,6,9-16,18H2,1-3H3,(H,32,36). The van der Waals surface area contributed by atoms with Crippen LogP contribution in [-0.4, -0.2) is 53.7 Å². The van der Waals surface area contributed by atoms with Gasteiger partial charge in [-0.2, -0.15) is 0 Å². The summed E-state index contributed by atoms with van der Waals surface area (Å²) in [5, 5.41) is 27.1. The van der Waals surface area contributed by atoms with E-state index in [9.17, 15) is 19.8 Å². The monoisotopic (exact) mass is 538 g/mol. The van der Waals surface area contributed by atoms with Gasteiger partial charge in [0.15, 0.2) is 6.61 Å². The molecule has 0 spiro atoms. The normalized spacial score (nSPS) is 35.2. The van der Waals surface area contributed by atoms with Crippen LogP contribution in [-0.2, 0) is 25.6 Å². The Kier molecular flexibility index (Phi) is 7.77. The van der Waals surface area contributed by atoms with Crippen molar-refractivity contribution in [2.45, 2.75) is 83.8 Å². The summed E-state index contributed by atoms with van der Waals surface area (Å²) < 4.78 is 4.85. The van der Waals surface area contributed by atoms with Gasteiger partial charge in [0, 0.05) is 6.42 Å². The molecule has 7 unspecified atom stereocenters. The molecule has 0 bridgehead atoms. The number of rotatable bonds is 7. The molecule has 1 amide bonds. The molecule has 7 atom stereocenters. The topological polar surface area (TPSA) is 117 Å². The van der Waals surface area contributed by atoms with Crippen LogP contribution in [0.3, 0.4) is 0 Å². The number of allylic oxidation sites excluding steroid dienone is 2. The van der Waals surface area contributed by atoms with Gasteiger partial charge in [-0.05, 0) is 104 Å². The number of ether oxygens (including phenoxy) is 1. The number of fused-ring (bicyclic) bond motifs is 5. The van der Waals surface area contributed by atoms with E-state index in [2.05, 4.69) is 30.4 Å². The second-order valence-corrected chi connectivity index (χ2v) is 12.5. The van der Waals surface area contributed by atoms with E-state index >= 15 is 0 Å². The van der Waals surface area contributed by atoms with Crippen LogP contribution < -0.4 is 5.32 Å². The molecule has 212 valence electrons. The third-order valence-corrected chi connectivity index (χ3v) is 10.5. The fourth-order valence-electron chi connectivity index (χ4n) is 8.23. The lowest BCUT2D eigenvalue weighted by molar-refractivity contribution is -0.145. The highest BCUT2D eigenvalue weighted by Gasteiger charge is 2.58. The Bertz CT molecular complexity index is 1150. The number of phenols is 1. The van der Waals surface area contributed by atoms with Gasteiger partial charge in [-0.3, -0.25) is 4.79 Å². The van der Waals surface area contributed by atoms with E-state index in [1.54, 1.807) is 12.1 Å². The third kappa shape index (κ3) is 5.32. The van der Waals surface area contributed by atoms with Crippen LogP contribution in [0.2, 0.25) is 0 Å². The first kappa shape index (κ1) is 27.7. The van der Waals surface area contributed by atoms with Crippen LogP contribution in [0.1, 0.15) is 70.8 Å². The summed E-state index contributed by atoms with van der Waals surface area (Å²) in [7, 11) is 1.28. The average molecular weight is 539 g/mol. The van der Waals surface area contributed by atoms with Crippen LogP contribution in [0.4, 0.5) is 0 Å². The van der Waals surface area contributed by atoms with Crippen LogP contribution >= 0.6 is 0 Å². The molecule has 1 aromatic carbocycles. The summed E-state index contributed by atoms with van der Waals surface area (Å²) in [6, 6.07) is 5.59. The van der Waals surface area contributed by atoms with E-state index in [0.717, 1.165) is 49.8 Å². The number of aliphatic hydroxyl groups excluding tert-OH is 1. The Hall–Kier alpha value is -2.87. The molecule has 1 aromatic rings. The van der Waals surface area contributed by atoms with Crippen LogP contribution in [0.25, 0.3) is 0 Å². The van der Waals surface area contributed by atoms with Gasteiger partial charge in [0.2, 0.25) is 0 Å². The SMILES string of the molecule is COC(=O)C(Cc1ccc(O)cc1)NC(=O)CON=C1C=C2CCC3C(CCC4(C)C(O)CCC34)C2(C)CC1. The molecule has 8 heteroatoms. The van der Waals surface area contributed by atoms with Crippen LogP contribution in [0.5, 0.6) is 5.75 Å². The number of methoxy groups -OCH3 is 1. The number of phenolic OH excluding ortho intramolecular Hbond substituents is 1. The van der Waals surface area contributed by atoms with Crippen molar-refractivity contribution in [2.24, 2.45) is 33.7 Å². The number of carbonyl (C=O) groups is 2. The first-order chi connectivity index (χ1) is 18.6. The maximum Gasteiger partial charge on any atom is 0.328 e. The molecule has 4 aliphatic rings. The highest BCUT2D eigenvalue weighted by molar-refractivity contribution is 5.96. The van der Waals surface area contributed by atoms with Crippen molar-refractivity contribution in [3.8, 4) is 5.75 Å². The lowest BCUT2D eigenvalue weighted by Gasteiger charge is -2.57. The number of nitrogens with one attached hydrogen (secondary N) is 1. The molecule has 0 aliphatic heterocycles. The average Bonchev–Trinajstić information content (AvgIpc) is 3.23. The van der Waals surface area contributed by atoms with Crippen molar-refractivity contribution in [2.75, 3.05) is 13.7 Å². The molecule has 39 heavy (non-hydrogen) atoms. The summed E-state index contributed by atoms with van der Waals surface area (Å²) in [5.74, 6) is 1.09. The lowest BCUT2D eigenvalue weighted by atomic mass is 9.47. The lowest BCUT2D eigenvalue weighted by Crippen LogP contribution is -2.51. The predicted octanol–water partition coefficient (Wildman–Crippen LogP) is 4.29. The summed E-state index contributed by atoms with van der Waals surface area (Å²) >= 11 is 0. The molecule has 0 heterocycles. The van der Waals surface area contributed by atoms with Crippen molar-refractivity contribution < 1.29 is 29.4 Å². The minimum atomic E-state index is -0.866. The Balaban J connectivity index is 1.18. The van der Waals surface area contributed by atoms with E-state index in [0.29, 0.717) is 17.8 Å².